The topological polar surface area (TPSA) is 44.2 Å². The van der Waals surface area contributed by atoms with Crippen molar-refractivity contribution in [2.24, 2.45) is 0 Å². The van der Waals surface area contributed by atoms with Gasteiger partial charge in [-0.15, -0.1) is 0 Å². The highest BCUT2D eigenvalue weighted by Crippen LogP contribution is 2.42. The molecular weight excluding hydrogens is 311 g/mol. The zero-order chi connectivity index (χ0) is 14.4. The van der Waals surface area contributed by atoms with Crippen molar-refractivity contribution < 1.29 is 9.47 Å². The Labute approximate surface area is 132 Å². The molecule has 0 saturated heterocycles. The molecule has 4 nitrogen and oxygen atoms in total. The number of nitrogens with zero attached hydrogens (tertiary/aromatic N) is 2. The van der Waals surface area contributed by atoms with Gasteiger partial charge in [-0.3, -0.25) is 0 Å². The van der Waals surface area contributed by atoms with Crippen LogP contribution in [0.25, 0.3) is 11.4 Å². The van der Waals surface area contributed by atoms with Crippen LogP contribution in [-0.4, -0.2) is 23.2 Å². The quantitative estimate of drug-likeness (QED) is 0.781. The summed E-state index contributed by atoms with van der Waals surface area (Å²) >= 11 is 12.4. The van der Waals surface area contributed by atoms with Crippen molar-refractivity contribution in [3.8, 4) is 22.9 Å². The number of aromatic nitrogens is 2. The Morgan fingerprint density at radius 1 is 1.00 bits per heavy atom. The molecule has 0 spiro atoms. The van der Waals surface area contributed by atoms with Crippen LogP contribution in [0, 0.1) is 0 Å². The summed E-state index contributed by atoms with van der Waals surface area (Å²) in [6.45, 7) is 1.02. The van der Waals surface area contributed by atoms with E-state index in [-0.39, 0.29) is 0 Å². The van der Waals surface area contributed by atoms with Gasteiger partial charge in [0.05, 0.1) is 5.02 Å². The Kier molecular flexibility index (Phi) is 3.16. The van der Waals surface area contributed by atoms with E-state index in [1.165, 1.54) is 0 Å². The first kappa shape index (κ1) is 13.2. The van der Waals surface area contributed by atoms with Crippen LogP contribution in [0.1, 0.15) is 24.5 Å². The fraction of sp³-hybridized carbons (Fsp3) is 0.333. The molecule has 0 N–H and O–H groups in total. The largest absolute Gasteiger partial charge is 0.486 e. The predicted octanol–water partition coefficient (Wildman–Crippen LogP) is 4.10. The van der Waals surface area contributed by atoms with E-state index in [4.69, 9.17) is 32.7 Å². The van der Waals surface area contributed by atoms with Gasteiger partial charge in [0.1, 0.15) is 18.4 Å². The smallest absolute Gasteiger partial charge is 0.179 e. The van der Waals surface area contributed by atoms with Gasteiger partial charge in [0, 0.05) is 17.2 Å². The number of hydrogen-bond acceptors (Lipinski definition) is 4. The lowest BCUT2D eigenvalue weighted by molar-refractivity contribution is 0.172. The van der Waals surface area contributed by atoms with E-state index in [0.717, 1.165) is 24.1 Å². The summed E-state index contributed by atoms with van der Waals surface area (Å²) in [4.78, 5) is 8.91. The van der Waals surface area contributed by atoms with E-state index >= 15 is 0 Å². The van der Waals surface area contributed by atoms with Crippen LogP contribution in [0.15, 0.2) is 18.2 Å². The summed E-state index contributed by atoms with van der Waals surface area (Å²) in [5, 5.41) is 0.951. The second kappa shape index (κ2) is 5.04. The molecule has 0 bridgehead atoms. The van der Waals surface area contributed by atoms with Crippen LogP contribution < -0.4 is 9.47 Å². The van der Waals surface area contributed by atoms with Crippen molar-refractivity contribution in [3.63, 3.8) is 0 Å². The Morgan fingerprint density at radius 2 is 1.81 bits per heavy atom. The third-order valence-electron chi connectivity index (χ3n) is 3.57. The van der Waals surface area contributed by atoms with E-state index in [9.17, 15) is 0 Å². The zero-order valence-electron chi connectivity index (χ0n) is 11.1. The van der Waals surface area contributed by atoms with Crippen LogP contribution in [0.2, 0.25) is 10.2 Å². The van der Waals surface area contributed by atoms with Crippen LogP contribution in [-0.2, 0) is 0 Å². The molecule has 1 aromatic heterocycles. The highest BCUT2D eigenvalue weighted by Gasteiger charge is 2.26. The zero-order valence-corrected chi connectivity index (χ0v) is 12.6. The maximum atomic E-state index is 6.26. The number of rotatable bonds is 2. The highest BCUT2D eigenvalue weighted by atomic mass is 35.5. The van der Waals surface area contributed by atoms with Gasteiger partial charge >= 0.3 is 0 Å². The van der Waals surface area contributed by atoms with Gasteiger partial charge in [-0.05, 0) is 31.0 Å². The maximum Gasteiger partial charge on any atom is 0.179 e. The van der Waals surface area contributed by atoms with Crippen LogP contribution >= 0.6 is 23.2 Å². The summed E-state index contributed by atoms with van der Waals surface area (Å²) in [7, 11) is 0. The molecular formula is C15H12Cl2N2O2. The van der Waals surface area contributed by atoms with Gasteiger partial charge < -0.3 is 9.47 Å². The van der Waals surface area contributed by atoms with Crippen molar-refractivity contribution >= 4 is 23.2 Å². The van der Waals surface area contributed by atoms with Gasteiger partial charge in [-0.2, -0.15) is 0 Å². The first-order valence-electron chi connectivity index (χ1n) is 6.85. The Balaban J connectivity index is 1.81. The van der Waals surface area contributed by atoms with E-state index in [1.54, 1.807) is 6.07 Å². The van der Waals surface area contributed by atoms with Gasteiger partial charge in [0.15, 0.2) is 17.3 Å². The SMILES string of the molecule is Clc1cc(C2CC2)nc(-c2cc(Cl)c3c(c2)OCCO3)n1. The molecule has 1 aliphatic heterocycles. The fourth-order valence-electron chi connectivity index (χ4n) is 2.39. The van der Waals surface area contributed by atoms with Crippen LogP contribution in [0.4, 0.5) is 0 Å². The minimum absolute atomic E-state index is 0.452. The summed E-state index contributed by atoms with van der Waals surface area (Å²) in [5.41, 5.74) is 1.78. The van der Waals surface area contributed by atoms with Crippen molar-refractivity contribution in [2.45, 2.75) is 18.8 Å². The number of halogens is 2. The number of hydrogen-bond donors (Lipinski definition) is 0. The highest BCUT2D eigenvalue weighted by molar-refractivity contribution is 6.32. The van der Waals surface area contributed by atoms with Crippen molar-refractivity contribution in [1.82, 2.24) is 9.97 Å². The average Bonchev–Trinajstić information content (AvgIpc) is 3.31. The number of fused-ring (bicyclic) bond motifs is 1. The van der Waals surface area contributed by atoms with Crippen LogP contribution in [0.3, 0.4) is 0 Å². The minimum Gasteiger partial charge on any atom is -0.486 e. The molecule has 21 heavy (non-hydrogen) atoms. The Bertz CT molecular complexity index is 717. The van der Waals surface area contributed by atoms with Gasteiger partial charge in [0.2, 0.25) is 0 Å². The predicted molar refractivity (Wildman–Crippen MR) is 80.5 cm³/mol. The van der Waals surface area contributed by atoms with Crippen molar-refractivity contribution in [1.29, 1.82) is 0 Å². The standard InChI is InChI=1S/C15H12Cl2N2O2/c16-10-5-9(6-12-14(10)21-4-3-20-12)15-18-11(8-1-2-8)7-13(17)19-15/h5-8H,1-4H2. The fourth-order valence-corrected chi connectivity index (χ4v) is 2.85. The van der Waals surface area contributed by atoms with Gasteiger partial charge in [0.25, 0.3) is 0 Å². The summed E-state index contributed by atoms with van der Waals surface area (Å²) < 4.78 is 11.1. The first-order valence-corrected chi connectivity index (χ1v) is 7.60. The molecule has 2 heterocycles. The lowest BCUT2D eigenvalue weighted by Gasteiger charge is -2.20. The second-order valence-electron chi connectivity index (χ2n) is 5.20. The third kappa shape index (κ3) is 2.54. The molecule has 0 radical (unpaired) electrons. The number of benzene rings is 1. The first-order chi connectivity index (χ1) is 10.2. The maximum absolute atomic E-state index is 6.26. The van der Waals surface area contributed by atoms with Crippen molar-refractivity contribution in [3.05, 3.63) is 34.1 Å². The molecule has 1 fully saturated rings. The van der Waals surface area contributed by atoms with Crippen LogP contribution in [0.5, 0.6) is 11.5 Å². The lowest BCUT2D eigenvalue weighted by atomic mass is 10.1. The lowest BCUT2D eigenvalue weighted by Crippen LogP contribution is -2.15. The summed E-state index contributed by atoms with van der Waals surface area (Å²) in [5.74, 6) is 2.29. The van der Waals surface area contributed by atoms with E-state index in [0.29, 0.717) is 46.6 Å². The molecule has 2 aliphatic rings. The summed E-state index contributed by atoms with van der Waals surface area (Å²) in [6, 6.07) is 5.47. The molecule has 0 amide bonds. The molecule has 0 unspecified atom stereocenters. The Morgan fingerprint density at radius 3 is 2.62 bits per heavy atom. The number of ether oxygens (including phenoxy) is 2. The molecule has 108 valence electrons. The molecule has 1 saturated carbocycles. The molecule has 0 atom stereocenters. The third-order valence-corrected chi connectivity index (χ3v) is 4.04. The molecule has 2 aromatic rings. The second-order valence-corrected chi connectivity index (χ2v) is 5.99. The van der Waals surface area contributed by atoms with Crippen molar-refractivity contribution in [2.75, 3.05) is 13.2 Å². The average molecular weight is 323 g/mol. The molecule has 1 aliphatic carbocycles. The van der Waals surface area contributed by atoms with Gasteiger partial charge in [-0.25, -0.2) is 9.97 Å². The van der Waals surface area contributed by atoms with E-state index in [2.05, 4.69) is 9.97 Å². The van der Waals surface area contributed by atoms with E-state index < -0.39 is 0 Å². The summed E-state index contributed by atoms with van der Waals surface area (Å²) in [6.07, 6.45) is 2.32. The molecule has 6 heteroatoms. The molecule has 1 aromatic carbocycles. The monoisotopic (exact) mass is 322 g/mol. The molecule has 4 rings (SSSR count). The van der Waals surface area contributed by atoms with Gasteiger partial charge in [-0.1, -0.05) is 23.2 Å². The Hall–Kier alpha value is -1.52. The normalized spacial score (nSPS) is 16.9. The minimum atomic E-state index is 0.452. The van der Waals surface area contributed by atoms with E-state index in [1.807, 2.05) is 12.1 Å².